The predicted molar refractivity (Wildman–Crippen MR) is 88.9 cm³/mol. The Hall–Kier alpha value is -1.84. The standard InChI is InChI=1S/C15H28N4O5/c1-7(2)11-5-9(19-15(16)17)12(18-8(3)21)14(24-11)13(23-4)10(22)6-20/h5,7,9-10,12-14,20,22H,6H2,1-4H3,(H,18,21)(H4,16,17,19)/t9-,10+,12+,13+,14+/m0/s1. The molecule has 24 heavy (non-hydrogen) atoms. The third-order valence-electron chi connectivity index (χ3n) is 3.73. The molecule has 0 aromatic heterocycles. The van der Waals surface area contributed by atoms with Gasteiger partial charge in [-0.3, -0.25) is 4.79 Å². The molecule has 1 aliphatic rings. The molecule has 5 atom stereocenters. The summed E-state index contributed by atoms with van der Waals surface area (Å²) >= 11 is 0. The highest BCUT2D eigenvalue weighted by Crippen LogP contribution is 2.29. The van der Waals surface area contributed by atoms with Gasteiger partial charge in [-0.15, -0.1) is 0 Å². The highest BCUT2D eigenvalue weighted by atomic mass is 16.5. The van der Waals surface area contributed by atoms with E-state index in [2.05, 4.69) is 10.3 Å². The summed E-state index contributed by atoms with van der Waals surface area (Å²) in [6.07, 6.45) is -1.12. The first-order valence-corrected chi connectivity index (χ1v) is 7.77. The van der Waals surface area contributed by atoms with Gasteiger partial charge in [0.1, 0.15) is 18.3 Å². The molecule has 0 unspecified atom stereocenters. The van der Waals surface area contributed by atoms with Gasteiger partial charge >= 0.3 is 0 Å². The summed E-state index contributed by atoms with van der Waals surface area (Å²) in [5, 5.41) is 22.0. The fourth-order valence-electron chi connectivity index (χ4n) is 2.64. The molecule has 0 aliphatic carbocycles. The summed E-state index contributed by atoms with van der Waals surface area (Å²) in [6.45, 7) is 4.70. The lowest BCUT2D eigenvalue weighted by Crippen LogP contribution is -2.60. The van der Waals surface area contributed by atoms with Crippen LogP contribution in [0.5, 0.6) is 0 Å². The number of aliphatic hydroxyl groups is 2. The summed E-state index contributed by atoms with van der Waals surface area (Å²) < 4.78 is 11.3. The smallest absolute Gasteiger partial charge is 0.217 e. The van der Waals surface area contributed by atoms with Crippen LogP contribution < -0.4 is 16.8 Å². The van der Waals surface area contributed by atoms with Crippen molar-refractivity contribution in [2.24, 2.45) is 22.4 Å². The molecule has 0 spiro atoms. The molecule has 0 bridgehead atoms. The molecular weight excluding hydrogens is 316 g/mol. The molecule has 0 saturated heterocycles. The topological polar surface area (TPSA) is 152 Å². The van der Waals surface area contributed by atoms with Gasteiger partial charge in [0.25, 0.3) is 0 Å². The van der Waals surface area contributed by atoms with Gasteiger partial charge in [0.05, 0.1) is 24.4 Å². The minimum absolute atomic E-state index is 0.0336. The van der Waals surface area contributed by atoms with Gasteiger partial charge in [0.2, 0.25) is 5.91 Å². The molecule has 0 fully saturated rings. The van der Waals surface area contributed by atoms with Crippen LogP contribution in [-0.4, -0.2) is 66.2 Å². The van der Waals surface area contributed by atoms with Gasteiger partial charge in [-0.05, 0) is 6.08 Å². The van der Waals surface area contributed by atoms with E-state index in [0.717, 1.165) is 0 Å². The zero-order valence-electron chi connectivity index (χ0n) is 14.5. The van der Waals surface area contributed by atoms with Crippen molar-refractivity contribution in [2.75, 3.05) is 13.7 Å². The van der Waals surface area contributed by atoms with Crippen molar-refractivity contribution in [3.8, 4) is 0 Å². The van der Waals surface area contributed by atoms with Crippen LogP contribution in [0.3, 0.4) is 0 Å². The number of amides is 1. The molecule has 7 N–H and O–H groups in total. The molecule has 0 aromatic carbocycles. The Morgan fingerprint density at radius 1 is 1.50 bits per heavy atom. The monoisotopic (exact) mass is 344 g/mol. The molecule has 1 amide bonds. The number of ether oxygens (including phenoxy) is 2. The van der Waals surface area contributed by atoms with E-state index < -0.39 is 37.0 Å². The van der Waals surface area contributed by atoms with E-state index in [1.54, 1.807) is 6.08 Å². The Morgan fingerprint density at radius 3 is 2.54 bits per heavy atom. The minimum atomic E-state index is -1.19. The molecular formula is C15H28N4O5. The van der Waals surface area contributed by atoms with Crippen molar-refractivity contribution in [3.05, 3.63) is 11.8 Å². The van der Waals surface area contributed by atoms with Gasteiger partial charge in [-0.2, -0.15) is 0 Å². The van der Waals surface area contributed by atoms with Gasteiger partial charge in [-0.1, -0.05) is 13.8 Å². The Bertz CT molecular complexity index is 490. The minimum Gasteiger partial charge on any atom is -0.490 e. The number of guanidine groups is 1. The Morgan fingerprint density at radius 2 is 2.12 bits per heavy atom. The Kier molecular flexibility index (Phi) is 7.46. The van der Waals surface area contributed by atoms with Crippen LogP contribution in [0, 0.1) is 5.92 Å². The number of allylic oxidation sites excluding steroid dienone is 1. The fraction of sp³-hybridized carbons (Fsp3) is 0.733. The number of nitrogens with two attached hydrogens (primary N) is 2. The number of hydrogen-bond donors (Lipinski definition) is 5. The summed E-state index contributed by atoms with van der Waals surface area (Å²) in [7, 11) is 1.39. The maximum Gasteiger partial charge on any atom is 0.217 e. The number of nitrogens with one attached hydrogen (secondary N) is 1. The van der Waals surface area contributed by atoms with Gasteiger partial charge in [-0.25, -0.2) is 4.99 Å². The van der Waals surface area contributed by atoms with Crippen molar-refractivity contribution >= 4 is 11.9 Å². The van der Waals surface area contributed by atoms with Gasteiger partial charge in [0, 0.05) is 20.0 Å². The van der Waals surface area contributed by atoms with Crippen LogP contribution in [0.2, 0.25) is 0 Å². The molecule has 1 aliphatic heterocycles. The first-order valence-electron chi connectivity index (χ1n) is 7.77. The van der Waals surface area contributed by atoms with E-state index in [4.69, 9.17) is 20.9 Å². The largest absolute Gasteiger partial charge is 0.490 e. The first-order chi connectivity index (χ1) is 11.2. The van der Waals surface area contributed by atoms with Gasteiger partial charge in [0.15, 0.2) is 5.96 Å². The Labute approximate surface area is 141 Å². The SMILES string of the molecule is CO[C@@H]([C@@H]1OC(C(C)C)=C[C@H](N=C(N)N)[C@H]1NC(C)=O)[C@H](O)CO. The zero-order valence-corrected chi connectivity index (χ0v) is 14.5. The van der Waals surface area contributed by atoms with E-state index in [-0.39, 0.29) is 17.8 Å². The fourth-order valence-corrected chi connectivity index (χ4v) is 2.64. The van der Waals surface area contributed by atoms with E-state index in [1.807, 2.05) is 13.8 Å². The number of hydrogen-bond acceptors (Lipinski definition) is 6. The number of nitrogens with zero attached hydrogens (tertiary/aromatic N) is 1. The molecule has 0 radical (unpaired) electrons. The lowest BCUT2D eigenvalue weighted by Gasteiger charge is -2.41. The number of aliphatic hydroxyl groups excluding tert-OH is 2. The van der Waals surface area contributed by atoms with Crippen molar-refractivity contribution in [1.82, 2.24) is 5.32 Å². The lowest BCUT2D eigenvalue weighted by molar-refractivity contribution is -0.133. The second-order valence-electron chi connectivity index (χ2n) is 6.03. The highest BCUT2D eigenvalue weighted by Gasteiger charge is 2.43. The van der Waals surface area contributed by atoms with Crippen LogP contribution in [0.4, 0.5) is 0 Å². The number of carbonyl (C=O) groups excluding carboxylic acids is 1. The average Bonchev–Trinajstić information content (AvgIpc) is 2.49. The number of aliphatic imine (C=N–C) groups is 1. The molecule has 138 valence electrons. The molecule has 1 rings (SSSR count). The lowest BCUT2D eigenvalue weighted by atomic mass is 9.90. The molecule has 0 aromatic rings. The van der Waals surface area contributed by atoms with Crippen molar-refractivity contribution < 1.29 is 24.5 Å². The van der Waals surface area contributed by atoms with Crippen molar-refractivity contribution in [3.63, 3.8) is 0 Å². The van der Waals surface area contributed by atoms with E-state index in [1.165, 1.54) is 14.0 Å². The molecule has 9 heteroatoms. The highest BCUT2D eigenvalue weighted by molar-refractivity contribution is 5.76. The predicted octanol–water partition coefficient (Wildman–Crippen LogP) is -1.56. The van der Waals surface area contributed by atoms with E-state index >= 15 is 0 Å². The van der Waals surface area contributed by atoms with Crippen molar-refractivity contribution in [2.45, 2.75) is 51.2 Å². The van der Waals surface area contributed by atoms with E-state index in [9.17, 15) is 15.0 Å². The molecule has 0 saturated carbocycles. The summed E-state index contributed by atoms with van der Waals surface area (Å²) in [6, 6.07) is -1.25. The van der Waals surface area contributed by atoms with Crippen LogP contribution in [0.25, 0.3) is 0 Å². The maximum atomic E-state index is 11.6. The number of methoxy groups -OCH3 is 1. The summed E-state index contributed by atoms with van der Waals surface area (Å²) in [5.74, 6) is 0.209. The summed E-state index contributed by atoms with van der Waals surface area (Å²) in [5.41, 5.74) is 11.0. The molecule has 9 nitrogen and oxygen atoms in total. The number of carbonyl (C=O) groups is 1. The normalized spacial score (nSPS) is 26.1. The third kappa shape index (κ3) is 5.08. The van der Waals surface area contributed by atoms with E-state index in [0.29, 0.717) is 5.76 Å². The molecule has 1 heterocycles. The van der Waals surface area contributed by atoms with Crippen LogP contribution in [0.15, 0.2) is 16.8 Å². The van der Waals surface area contributed by atoms with Crippen LogP contribution in [-0.2, 0) is 14.3 Å². The van der Waals surface area contributed by atoms with Crippen LogP contribution in [0.1, 0.15) is 20.8 Å². The Balaban J connectivity index is 3.32. The van der Waals surface area contributed by atoms with Crippen LogP contribution >= 0.6 is 0 Å². The number of rotatable bonds is 7. The quantitative estimate of drug-likeness (QED) is 0.276. The van der Waals surface area contributed by atoms with Gasteiger partial charge < -0.3 is 36.5 Å². The van der Waals surface area contributed by atoms with Crippen molar-refractivity contribution in [1.29, 1.82) is 0 Å². The second kappa shape index (κ2) is 8.86. The average molecular weight is 344 g/mol. The second-order valence-corrected chi connectivity index (χ2v) is 6.03. The summed E-state index contributed by atoms with van der Waals surface area (Å²) in [4.78, 5) is 15.8. The zero-order chi connectivity index (χ0) is 18.4. The maximum absolute atomic E-state index is 11.6. The first kappa shape index (κ1) is 20.2. The third-order valence-corrected chi connectivity index (χ3v) is 3.73.